The molecule has 156 valence electrons. The zero-order chi connectivity index (χ0) is 21.3. The second-order valence-corrected chi connectivity index (χ2v) is 9.12. The van der Waals surface area contributed by atoms with E-state index >= 15 is 0 Å². The average molecular weight is 447 g/mol. The van der Waals surface area contributed by atoms with Crippen LogP contribution in [0.4, 0.5) is 4.39 Å². The lowest BCUT2D eigenvalue weighted by atomic mass is 10.2. The van der Waals surface area contributed by atoms with E-state index in [0.717, 1.165) is 0 Å². The van der Waals surface area contributed by atoms with Crippen molar-refractivity contribution in [2.45, 2.75) is 4.90 Å². The fraction of sp³-hybridized carbons (Fsp3) is 0.200. The summed E-state index contributed by atoms with van der Waals surface area (Å²) in [7, 11) is -3.60. The minimum Gasteiger partial charge on any atom is -0.336 e. The lowest BCUT2D eigenvalue weighted by Crippen LogP contribution is -2.50. The van der Waals surface area contributed by atoms with Gasteiger partial charge in [0.25, 0.3) is 5.91 Å². The maximum atomic E-state index is 13.3. The number of benzene rings is 2. The Kier molecular flexibility index (Phi) is 5.54. The molecular weight excluding hydrogens is 427 g/mol. The van der Waals surface area contributed by atoms with E-state index in [1.807, 2.05) is 0 Å². The Morgan fingerprint density at radius 1 is 0.967 bits per heavy atom. The predicted octanol–water partition coefficient (Wildman–Crippen LogP) is 2.82. The molecule has 1 fully saturated rings. The Morgan fingerprint density at radius 2 is 1.60 bits per heavy atom. The molecule has 0 atom stereocenters. The minimum atomic E-state index is -3.60. The van der Waals surface area contributed by atoms with Crippen LogP contribution in [0.5, 0.6) is 0 Å². The second-order valence-electron chi connectivity index (χ2n) is 6.80. The van der Waals surface area contributed by atoms with E-state index in [4.69, 9.17) is 12.2 Å². The zero-order valence-corrected chi connectivity index (χ0v) is 17.5. The first-order chi connectivity index (χ1) is 14.4. The lowest BCUT2D eigenvalue weighted by molar-refractivity contribution is 0.0689. The summed E-state index contributed by atoms with van der Waals surface area (Å²) >= 11 is 5.29. The molecule has 1 amide bonds. The number of imidazole rings is 1. The third-order valence-electron chi connectivity index (χ3n) is 4.99. The van der Waals surface area contributed by atoms with Gasteiger partial charge in [0.2, 0.25) is 10.0 Å². The number of carbonyl (C=O) groups excluding carboxylic acids is 1. The number of aromatic nitrogens is 2. The van der Waals surface area contributed by atoms with Gasteiger partial charge < -0.3 is 9.88 Å². The number of hydrogen-bond donors (Lipinski definition) is 1. The number of piperazine rings is 1. The number of nitrogens with one attached hydrogen (secondary N) is 1. The van der Waals surface area contributed by atoms with Crippen molar-refractivity contribution in [3.63, 3.8) is 0 Å². The van der Waals surface area contributed by atoms with Crippen LogP contribution in [0.2, 0.25) is 0 Å². The molecule has 0 spiro atoms. The molecule has 0 bridgehead atoms. The van der Waals surface area contributed by atoms with Crippen molar-refractivity contribution in [1.29, 1.82) is 0 Å². The summed E-state index contributed by atoms with van der Waals surface area (Å²) < 4.78 is 42.1. The molecule has 0 saturated carbocycles. The molecule has 10 heteroatoms. The molecule has 1 aromatic heterocycles. The van der Waals surface area contributed by atoms with Gasteiger partial charge in [0.15, 0.2) is 4.77 Å². The number of rotatable bonds is 4. The van der Waals surface area contributed by atoms with Gasteiger partial charge in [0.05, 0.1) is 4.90 Å². The molecule has 2 heterocycles. The van der Waals surface area contributed by atoms with Crippen LogP contribution in [0.15, 0.2) is 65.7 Å². The van der Waals surface area contributed by atoms with Crippen molar-refractivity contribution in [2.24, 2.45) is 0 Å². The molecule has 0 aliphatic carbocycles. The van der Waals surface area contributed by atoms with Crippen LogP contribution in [0.25, 0.3) is 5.69 Å². The summed E-state index contributed by atoms with van der Waals surface area (Å²) in [4.78, 5) is 17.8. The van der Waals surface area contributed by atoms with Gasteiger partial charge in [0.1, 0.15) is 11.5 Å². The van der Waals surface area contributed by atoms with E-state index < -0.39 is 10.0 Å². The predicted molar refractivity (Wildman–Crippen MR) is 112 cm³/mol. The first-order valence-corrected chi connectivity index (χ1v) is 11.1. The summed E-state index contributed by atoms with van der Waals surface area (Å²) in [5, 5.41) is 0. The highest BCUT2D eigenvalue weighted by atomic mass is 32.2. The molecule has 1 aliphatic heterocycles. The van der Waals surface area contributed by atoms with Gasteiger partial charge >= 0.3 is 0 Å². The highest BCUT2D eigenvalue weighted by Crippen LogP contribution is 2.20. The first-order valence-electron chi connectivity index (χ1n) is 9.29. The molecule has 0 radical (unpaired) electrons. The minimum absolute atomic E-state index is 0.199. The molecule has 3 aromatic rings. The van der Waals surface area contributed by atoms with Crippen molar-refractivity contribution < 1.29 is 17.6 Å². The average Bonchev–Trinajstić information content (AvgIpc) is 3.16. The molecule has 1 aliphatic rings. The number of H-pyrrole nitrogens is 1. The van der Waals surface area contributed by atoms with Crippen LogP contribution in [-0.4, -0.2) is 59.3 Å². The summed E-state index contributed by atoms with van der Waals surface area (Å²) in [5.41, 5.74) is 0.877. The molecule has 1 N–H and O–H groups in total. The van der Waals surface area contributed by atoms with Gasteiger partial charge in [-0.15, -0.1) is 0 Å². The van der Waals surface area contributed by atoms with Crippen molar-refractivity contribution in [3.05, 3.63) is 77.1 Å². The summed E-state index contributed by atoms with van der Waals surface area (Å²) in [5.74, 6) is -0.659. The normalized spacial score (nSPS) is 15.3. The fourth-order valence-corrected chi connectivity index (χ4v) is 5.11. The standard InChI is InChI=1S/C20H19FN4O3S2/c21-15-6-8-16(9-7-15)25-18(14-22-20(25)29)19(26)23-10-12-24(13-11-23)30(27,28)17-4-2-1-3-5-17/h1-9,14H,10-13H2,(H,22,29). The van der Waals surface area contributed by atoms with E-state index in [1.54, 1.807) is 51.9 Å². The maximum absolute atomic E-state index is 13.3. The largest absolute Gasteiger partial charge is 0.336 e. The molecule has 2 aromatic carbocycles. The monoisotopic (exact) mass is 446 g/mol. The molecular formula is C20H19FN4O3S2. The fourth-order valence-electron chi connectivity index (χ4n) is 3.41. The number of nitrogens with zero attached hydrogens (tertiary/aromatic N) is 3. The molecule has 0 unspecified atom stereocenters. The SMILES string of the molecule is O=C(c1c[nH]c(=S)n1-c1ccc(F)cc1)N1CCN(S(=O)(=O)c2ccccc2)CC1. The number of sulfonamides is 1. The van der Waals surface area contributed by atoms with Gasteiger partial charge in [-0.2, -0.15) is 4.31 Å². The van der Waals surface area contributed by atoms with Crippen molar-refractivity contribution in [2.75, 3.05) is 26.2 Å². The quantitative estimate of drug-likeness (QED) is 0.625. The smallest absolute Gasteiger partial charge is 0.272 e. The maximum Gasteiger partial charge on any atom is 0.272 e. The van der Waals surface area contributed by atoms with E-state index in [2.05, 4.69) is 4.98 Å². The van der Waals surface area contributed by atoms with E-state index in [1.165, 1.54) is 22.6 Å². The Bertz CT molecular complexity index is 1210. The highest BCUT2D eigenvalue weighted by molar-refractivity contribution is 7.89. The third kappa shape index (κ3) is 3.81. The summed E-state index contributed by atoms with van der Waals surface area (Å²) in [6, 6.07) is 13.9. The third-order valence-corrected chi connectivity index (χ3v) is 7.20. The highest BCUT2D eigenvalue weighted by Gasteiger charge is 2.31. The van der Waals surface area contributed by atoms with Crippen molar-refractivity contribution in [1.82, 2.24) is 18.8 Å². The zero-order valence-electron chi connectivity index (χ0n) is 15.9. The Labute approximate surface area is 178 Å². The number of halogens is 1. The van der Waals surface area contributed by atoms with E-state index in [9.17, 15) is 17.6 Å². The van der Waals surface area contributed by atoms with Crippen LogP contribution < -0.4 is 0 Å². The number of hydrogen-bond acceptors (Lipinski definition) is 4. The van der Waals surface area contributed by atoms with Crippen LogP contribution in [0, 0.1) is 10.6 Å². The summed E-state index contributed by atoms with van der Waals surface area (Å²) in [6.07, 6.45) is 1.51. The number of amides is 1. The molecule has 7 nitrogen and oxygen atoms in total. The lowest BCUT2D eigenvalue weighted by Gasteiger charge is -2.34. The van der Waals surface area contributed by atoms with Crippen molar-refractivity contribution >= 4 is 28.1 Å². The van der Waals surface area contributed by atoms with Gasteiger partial charge in [-0.05, 0) is 48.6 Å². The topological polar surface area (TPSA) is 78.4 Å². The van der Waals surface area contributed by atoms with Crippen LogP contribution >= 0.6 is 12.2 Å². The molecule has 1 saturated heterocycles. The number of aromatic amines is 1. The van der Waals surface area contributed by atoms with Crippen LogP contribution in [0.1, 0.15) is 10.5 Å². The van der Waals surface area contributed by atoms with Crippen molar-refractivity contribution in [3.8, 4) is 5.69 Å². The second kappa shape index (κ2) is 8.13. The van der Waals surface area contributed by atoms with Gasteiger partial charge in [-0.1, -0.05) is 18.2 Å². The van der Waals surface area contributed by atoms with Gasteiger partial charge in [-0.25, -0.2) is 12.8 Å². The molecule has 4 rings (SSSR count). The summed E-state index contributed by atoms with van der Waals surface area (Å²) in [6.45, 7) is 0.911. The van der Waals surface area contributed by atoms with Crippen LogP contribution in [0.3, 0.4) is 0 Å². The van der Waals surface area contributed by atoms with E-state index in [-0.39, 0.29) is 42.8 Å². The first kappa shape index (κ1) is 20.5. The molecule has 30 heavy (non-hydrogen) atoms. The van der Waals surface area contributed by atoms with Gasteiger partial charge in [0, 0.05) is 38.1 Å². The Hall–Kier alpha value is -2.82. The van der Waals surface area contributed by atoms with Gasteiger partial charge in [-0.3, -0.25) is 9.36 Å². The Morgan fingerprint density at radius 3 is 2.23 bits per heavy atom. The van der Waals surface area contributed by atoms with E-state index in [0.29, 0.717) is 16.2 Å². The number of carbonyl (C=O) groups is 1. The Balaban J connectivity index is 1.52. The van der Waals surface area contributed by atoms with Crippen LogP contribution in [-0.2, 0) is 10.0 Å².